The molecule has 0 aliphatic carbocycles. The van der Waals surface area contributed by atoms with E-state index in [1.165, 1.54) is 9.87 Å². The average molecular weight is 538 g/mol. The summed E-state index contributed by atoms with van der Waals surface area (Å²) in [5.41, 5.74) is 6.20. The van der Waals surface area contributed by atoms with Crippen LogP contribution in [0.15, 0.2) is 39.8 Å². The number of amides is 1. The number of ether oxygens (including phenoxy) is 1. The standard InChI is InChI=1S/C29H35N3O5S/c1-18-9-11-26(36-6)25(16-18)30-29(33)23-8-7-13-32(17-23)38(34,35)28-22(5)31-37-27(28)12-10-24-20(3)14-19(2)15-21(24)4/h9-12,14-16,23H,7-8,13,17H2,1-6H3,(H,30,33)/b12-10+/t23-/m0/s1. The number of aryl methyl sites for hydroxylation is 5. The Hall–Kier alpha value is -3.43. The van der Waals surface area contributed by atoms with Crippen molar-refractivity contribution in [3.63, 3.8) is 0 Å². The molecule has 1 aliphatic rings. The van der Waals surface area contributed by atoms with Gasteiger partial charge in [-0.25, -0.2) is 8.42 Å². The highest BCUT2D eigenvalue weighted by Crippen LogP contribution is 2.31. The smallest absolute Gasteiger partial charge is 0.248 e. The monoisotopic (exact) mass is 537 g/mol. The molecule has 1 saturated heterocycles. The fraction of sp³-hybridized carbons (Fsp3) is 0.379. The fourth-order valence-corrected chi connectivity index (χ4v) is 6.84. The Bertz CT molecular complexity index is 1470. The van der Waals surface area contributed by atoms with E-state index in [1.807, 2.05) is 45.9 Å². The highest BCUT2D eigenvalue weighted by Gasteiger charge is 2.37. The van der Waals surface area contributed by atoms with Crippen LogP contribution in [0.5, 0.6) is 5.75 Å². The van der Waals surface area contributed by atoms with Gasteiger partial charge < -0.3 is 14.6 Å². The Morgan fingerprint density at radius 3 is 2.47 bits per heavy atom. The molecular formula is C29H35N3O5S. The molecule has 2 aromatic carbocycles. The quantitative estimate of drug-likeness (QED) is 0.431. The first-order valence-electron chi connectivity index (χ1n) is 12.7. The molecule has 38 heavy (non-hydrogen) atoms. The molecule has 3 aromatic rings. The maximum atomic E-state index is 13.8. The van der Waals surface area contributed by atoms with Crippen LogP contribution in [-0.4, -0.2) is 44.0 Å². The van der Waals surface area contributed by atoms with Crippen molar-refractivity contribution in [3.8, 4) is 5.75 Å². The summed E-state index contributed by atoms with van der Waals surface area (Å²) in [6, 6.07) is 9.71. The summed E-state index contributed by atoms with van der Waals surface area (Å²) in [6.07, 6.45) is 4.69. The van der Waals surface area contributed by atoms with Crippen LogP contribution in [0.2, 0.25) is 0 Å². The van der Waals surface area contributed by atoms with E-state index in [-0.39, 0.29) is 28.8 Å². The zero-order chi connectivity index (χ0) is 27.6. The van der Waals surface area contributed by atoms with Crippen LogP contribution in [0.1, 0.15) is 52.1 Å². The van der Waals surface area contributed by atoms with Gasteiger partial charge in [-0.15, -0.1) is 0 Å². The predicted molar refractivity (Wildman–Crippen MR) is 149 cm³/mol. The van der Waals surface area contributed by atoms with E-state index in [1.54, 1.807) is 26.2 Å². The van der Waals surface area contributed by atoms with Gasteiger partial charge in [-0.1, -0.05) is 35.0 Å². The summed E-state index contributed by atoms with van der Waals surface area (Å²) in [7, 11) is -2.40. The normalized spacial score (nSPS) is 16.6. The van der Waals surface area contributed by atoms with Gasteiger partial charge in [0.05, 0.1) is 18.7 Å². The zero-order valence-electron chi connectivity index (χ0n) is 22.8. The van der Waals surface area contributed by atoms with Crippen molar-refractivity contribution >= 4 is 33.8 Å². The molecule has 0 spiro atoms. The summed E-state index contributed by atoms with van der Waals surface area (Å²) in [5.74, 6) is -0.000185. The molecule has 0 saturated carbocycles. The van der Waals surface area contributed by atoms with Crippen LogP contribution in [-0.2, 0) is 14.8 Å². The molecule has 0 unspecified atom stereocenters. The number of anilines is 1. The van der Waals surface area contributed by atoms with Crippen molar-refractivity contribution in [3.05, 3.63) is 69.6 Å². The molecule has 202 valence electrons. The third-order valence-corrected chi connectivity index (χ3v) is 8.96. The predicted octanol–water partition coefficient (Wildman–Crippen LogP) is 5.44. The molecule has 2 heterocycles. The van der Waals surface area contributed by atoms with E-state index in [0.29, 0.717) is 30.8 Å². The number of carbonyl (C=O) groups excluding carboxylic acids is 1. The lowest BCUT2D eigenvalue weighted by molar-refractivity contribution is -0.120. The second kappa shape index (κ2) is 11.1. The van der Waals surface area contributed by atoms with Gasteiger partial charge in [-0.2, -0.15) is 4.31 Å². The third-order valence-electron chi connectivity index (χ3n) is 6.94. The molecule has 0 radical (unpaired) electrons. The van der Waals surface area contributed by atoms with E-state index in [2.05, 4.69) is 22.6 Å². The van der Waals surface area contributed by atoms with Gasteiger partial charge in [-0.05, 0) is 87.9 Å². The topological polar surface area (TPSA) is 102 Å². The Balaban J connectivity index is 1.57. The van der Waals surface area contributed by atoms with Crippen molar-refractivity contribution in [2.24, 2.45) is 5.92 Å². The van der Waals surface area contributed by atoms with Crippen LogP contribution in [0.3, 0.4) is 0 Å². The summed E-state index contributed by atoms with van der Waals surface area (Å²) in [5, 5.41) is 6.89. The minimum atomic E-state index is -3.95. The summed E-state index contributed by atoms with van der Waals surface area (Å²) in [6.45, 7) is 10.0. The lowest BCUT2D eigenvalue weighted by atomic mass is 9.98. The number of benzene rings is 2. The zero-order valence-corrected chi connectivity index (χ0v) is 23.6. The van der Waals surface area contributed by atoms with Gasteiger partial charge in [-0.3, -0.25) is 4.79 Å². The highest BCUT2D eigenvalue weighted by molar-refractivity contribution is 7.89. The fourth-order valence-electron chi connectivity index (χ4n) is 5.07. The minimum absolute atomic E-state index is 0.0394. The molecule has 1 amide bonds. The number of aromatic nitrogens is 1. The average Bonchev–Trinajstić information content (AvgIpc) is 3.24. The Morgan fingerprint density at radius 1 is 1.08 bits per heavy atom. The van der Waals surface area contributed by atoms with E-state index in [0.717, 1.165) is 22.3 Å². The first-order valence-corrected chi connectivity index (χ1v) is 14.1. The molecule has 4 rings (SSSR count). The van der Waals surface area contributed by atoms with Crippen molar-refractivity contribution in [1.82, 2.24) is 9.46 Å². The second-order valence-corrected chi connectivity index (χ2v) is 11.9. The Labute approximate surface area is 224 Å². The number of rotatable bonds is 7. The SMILES string of the molecule is COc1ccc(C)cc1NC(=O)[C@H]1CCCN(S(=O)(=O)c2c(C)noc2/C=C/c2c(C)cc(C)cc2C)C1. The minimum Gasteiger partial charge on any atom is -0.495 e. The summed E-state index contributed by atoms with van der Waals surface area (Å²) < 4.78 is 39.8. The van der Waals surface area contributed by atoms with E-state index >= 15 is 0 Å². The maximum absolute atomic E-state index is 13.8. The van der Waals surface area contributed by atoms with Gasteiger partial charge in [0.15, 0.2) is 10.7 Å². The number of sulfonamides is 1. The largest absolute Gasteiger partial charge is 0.495 e. The second-order valence-electron chi connectivity index (χ2n) is 10.0. The van der Waals surface area contributed by atoms with E-state index < -0.39 is 15.9 Å². The van der Waals surface area contributed by atoms with Crippen LogP contribution in [0, 0.1) is 40.5 Å². The lowest BCUT2D eigenvalue weighted by Gasteiger charge is -2.31. The number of hydrogen-bond donors (Lipinski definition) is 1. The number of methoxy groups -OCH3 is 1. The van der Waals surface area contributed by atoms with E-state index in [4.69, 9.17) is 9.26 Å². The number of carbonyl (C=O) groups is 1. The maximum Gasteiger partial charge on any atom is 0.248 e. The van der Waals surface area contributed by atoms with Gasteiger partial charge in [0.1, 0.15) is 11.4 Å². The van der Waals surface area contributed by atoms with E-state index in [9.17, 15) is 13.2 Å². The van der Waals surface area contributed by atoms with Crippen molar-refractivity contribution in [2.45, 2.75) is 52.4 Å². The molecule has 9 heteroatoms. The lowest BCUT2D eigenvalue weighted by Crippen LogP contribution is -2.44. The Morgan fingerprint density at radius 2 is 1.79 bits per heavy atom. The highest BCUT2D eigenvalue weighted by atomic mass is 32.2. The molecule has 0 bridgehead atoms. The number of nitrogens with zero attached hydrogens (tertiary/aromatic N) is 2. The molecule has 1 aliphatic heterocycles. The van der Waals surface area contributed by atoms with Crippen LogP contribution < -0.4 is 10.1 Å². The molecule has 1 atom stereocenters. The number of nitrogens with one attached hydrogen (secondary N) is 1. The molecule has 8 nitrogen and oxygen atoms in total. The van der Waals surface area contributed by atoms with Crippen molar-refractivity contribution < 1.29 is 22.5 Å². The number of piperidine rings is 1. The third kappa shape index (κ3) is 5.68. The van der Waals surface area contributed by atoms with Gasteiger partial charge in [0.2, 0.25) is 15.9 Å². The molecule has 1 fully saturated rings. The van der Waals surface area contributed by atoms with Crippen LogP contribution in [0.25, 0.3) is 12.2 Å². The molecule has 1 aromatic heterocycles. The van der Waals surface area contributed by atoms with Gasteiger partial charge >= 0.3 is 0 Å². The van der Waals surface area contributed by atoms with Crippen LogP contribution in [0.4, 0.5) is 5.69 Å². The number of hydrogen-bond acceptors (Lipinski definition) is 6. The first-order chi connectivity index (χ1) is 18.0. The first kappa shape index (κ1) is 27.6. The summed E-state index contributed by atoms with van der Waals surface area (Å²) >= 11 is 0. The molecular weight excluding hydrogens is 502 g/mol. The Kier molecular flexibility index (Phi) is 8.08. The van der Waals surface area contributed by atoms with Crippen LogP contribution >= 0.6 is 0 Å². The van der Waals surface area contributed by atoms with Gasteiger partial charge in [0.25, 0.3) is 0 Å². The van der Waals surface area contributed by atoms with Crippen molar-refractivity contribution in [1.29, 1.82) is 0 Å². The molecule has 1 N–H and O–H groups in total. The van der Waals surface area contributed by atoms with Gasteiger partial charge in [0, 0.05) is 13.1 Å². The summed E-state index contributed by atoms with van der Waals surface area (Å²) in [4.78, 5) is 13.2. The van der Waals surface area contributed by atoms with Crippen molar-refractivity contribution in [2.75, 3.05) is 25.5 Å².